The summed E-state index contributed by atoms with van der Waals surface area (Å²) in [6.07, 6.45) is 1.21. The fraction of sp³-hybridized carbons (Fsp3) is 0.800. The van der Waals surface area contributed by atoms with Crippen molar-refractivity contribution in [2.24, 2.45) is 11.7 Å². The van der Waals surface area contributed by atoms with Gasteiger partial charge in [0, 0.05) is 0 Å². The number of nitrogens with one attached hydrogen (secondary N) is 1. The molecule has 0 aliphatic rings. The van der Waals surface area contributed by atoms with Crippen LogP contribution in [0.15, 0.2) is 0 Å². The summed E-state index contributed by atoms with van der Waals surface area (Å²) in [6, 6.07) is -1.89. The largest absolute Gasteiger partial charge is 0.445 e. The highest BCUT2D eigenvalue weighted by atomic mass is 35.6. The fourth-order valence-corrected chi connectivity index (χ4v) is 2.14. The highest BCUT2D eigenvalue weighted by molar-refractivity contribution is 6.67. The first-order valence-electron chi connectivity index (χ1n) is 7.81. The van der Waals surface area contributed by atoms with Crippen LogP contribution in [0.3, 0.4) is 0 Å². The van der Waals surface area contributed by atoms with Crippen molar-refractivity contribution in [2.45, 2.75) is 62.3 Å². The first-order valence-corrected chi connectivity index (χ1v) is 8.95. The molecule has 0 rings (SSSR count). The van der Waals surface area contributed by atoms with E-state index in [9.17, 15) is 14.4 Å². The van der Waals surface area contributed by atoms with E-state index in [1.807, 2.05) is 20.8 Å². The molecule has 2 atom stereocenters. The molecule has 0 aliphatic heterocycles. The Balaban J connectivity index is 4.82. The molecule has 1 amide bonds. The van der Waals surface area contributed by atoms with Gasteiger partial charge >= 0.3 is 6.09 Å². The SMILES string of the molecule is CCCC[C@H](NC(=O)OCC(Cl)(Cl)Cl)C(=O)C(=O)[C@@H](N)CC(C)C. The van der Waals surface area contributed by atoms with E-state index >= 15 is 0 Å². The topological polar surface area (TPSA) is 98.5 Å². The van der Waals surface area contributed by atoms with E-state index in [1.165, 1.54) is 0 Å². The number of rotatable bonds is 10. The van der Waals surface area contributed by atoms with Gasteiger partial charge in [-0.15, -0.1) is 0 Å². The molecule has 3 N–H and O–H groups in total. The number of Topliss-reactive ketones (excluding diaryl/α,β-unsaturated/α-hetero) is 2. The van der Waals surface area contributed by atoms with E-state index in [0.29, 0.717) is 19.3 Å². The van der Waals surface area contributed by atoms with Crippen molar-refractivity contribution in [1.82, 2.24) is 5.32 Å². The minimum absolute atomic E-state index is 0.174. The van der Waals surface area contributed by atoms with Crippen LogP contribution in [0.4, 0.5) is 4.79 Å². The van der Waals surface area contributed by atoms with Gasteiger partial charge in [-0.3, -0.25) is 9.59 Å². The smallest absolute Gasteiger partial charge is 0.407 e. The van der Waals surface area contributed by atoms with Gasteiger partial charge in [0.25, 0.3) is 0 Å². The lowest BCUT2D eigenvalue weighted by atomic mass is 9.94. The summed E-state index contributed by atoms with van der Waals surface area (Å²) < 4.78 is 2.98. The van der Waals surface area contributed by atoms with Crippen LogP contribution in [0, 0.1) is 5.92 Å². The third-order valence-electron chi connectivity index (χ3n) is 3.13. The highest BCUT2D eigenvalue weighted by Crippen LogP contribution is 2.25. The van der Waals surface area contributed by atoms with E-state index < -0.39 is 40.1 Å². The standard InChI is InChI=1S/C15H25Cl3N2O4/c1-4-5-6-11(20-14(23)24-8-15(16,17)18)13(22)12(21)10(19)7-9(2)3/h9-11H,4-8,19H2,1-3H3,(H,20,23)/t10-,11-/m0/s1. The lowest BCUT2D eigenvalue weighted by Gasteiger charge is -2.20. The number of alkyl carbamates (subject to hydrolysis) is 1. The summed E-state index contributed by atoms with van der Waals surface area (Å²) in [6.45, 7) is 5.26. The molecule has 0 saturated carbocycles. The third-order valence-corrected chi connectivity index (χ3v) is 3.45. The quantitative estimate of drug-likeness (QED) is 0.431. The van der Waals surface area contributed by atoms with Crippen LogP contribution in [-0.4, -0.2) is 40.1 Å². The molecule has 6 nitrogen and oxygen atoms in total. The summed E-state index contributed by atoms with van der Waals surface area (Å²) in [5.41, 5.74) is 5.77. The predicted octanol–water partition coefficient (Wildman–Crippen LogP) is 3.15. The number of halogens is 3. The van der Waals surface area contributed by atoms with Crippen molar-refractivity contribution in [3.63, 3.8) is 0 Å². The van der Waals surface area contributed by atoms with Gasteiger partial charge in [-0.1, -0.05) is 68.4 Å². The molecule has 0 spiro atoms. The van der Waals surface area contributed by atoms with Crippen LogP contribution in [0.25, 0.3) is 0 Å². The van der Waals surface area contributed by atoms with E-state index in [0.717, 1.165) is 6.42 Å². The molecule has 0 heterocycles. The number of hydrogen-bond acceptors (Lipinski definition) is 5. The molecular weight excluding hydrogens is 379 g/mol. The molecule has 9 heteroatoms. The number of hydrogen-bond donors (Lipinski definition) is 2. The van der Waals surface area contributed by atoms with Crippen LogP contribution in [0.2, 0.25) is 0 Å². The van der Waals surface area contributed by atoms with Crippen molar-refractivity contribution in [3.8, 4) is 0 Å². The number of amides is 1. The Kier molecular flexibility index (Phi) is 10.9. The molecule has 0 aromatic heterocycles. The molecule has 0 aliphatic carbocycles. The summed E-state index contributed by atoms with van der Waals surface area (Å²) in [7, 11) is 0. The van der Waals surface area contributed by atoms with E-state index in [2.05, 4.69) is 5.32 Å². The van der Waals surface area contributed by atoms with Crippen molar-refractivity contribution < 1.29 is 19.1 Å². The summed E-state index contributed by atoms with van der Waals surface area (Å²) in [4.78, 5) is 36.2. The van der Waals surface area contributed by atoms with E-state index in [1.54, 1.807) is 0 Å². The Labute approximate surface area is 157 Å². The Bertz CT molecular complexity index is 439. The lowest BCUT2D eigenvalue weighted by molar-refractivity contribution is -0.138. The molecule has 0 radical (unpaired) electrons. The maximum absolute atomic E-state index is 12.3. The maximum Gasteiger partial charge on any atom is 0.407 e. The number of carbonyl (C=O) groups is 3. The Morgan fingerprint density at radius 3 is 2.21 bits per heavy atom. The number of unbranched alkanes of at least 4 members (excludes halogenated alkanes) is 1. The summed E-state index contributed by atoms with van der Waals surface area (Å²) in [5, 5.41) is 2.35. The van der Waals surface area contributed by atoms with Gasteiger partial charge in [-0.25, -0.2) is 4.79 Å². The Hall–Kier alpha value is -0.560. The first-order chi connectivity index (χ1) is 11.0. The first kappa shape index (κ1) is 23.4. The maximum atomic E-state index is 12.3. The average molecular weight is 404 g/mol. The van der Waals surface area contributed by atoms with E-state index in [4.69, 9.17) is 45.3 Å². The molecule has 0 aromatic rings. The van der Waals surface area contributed by atoms with Gasteiger partial charge in [-0.05, 0) is 18.8 Å². The monoisotopic (exact) mass is 402 g/mol. The van der Waals surface area contributed by atoms with E-state index in [-0.39, 0.29) is 5.92 Å². The van der Waals surface area contributed by atoms with Crippen molar-refractivity contribution in [1.29, 1.82) is 0 Å². The molecule has 0 saturated heterocycles. The second-order valence-corrected chi connectivity index (χ2v) is 8.51. The van der Waals surface area contributed by atoms with Crippen LogP contribution in [-0.2, 0) is 14.3 Å². The Morgan fingerprint density at radius 1 is 1.17 bits per heavy atom. The summed E-state index contributed by atoms with van der Waals surface area (Å²) in [5.74, 6) is -1.26. The van der Waals surface area contributed by atoms with Gasteiger partial charge in [0.2, 0.25) is 15.4 Å². The minimum Gasteiger partial charge on any atom is -0.445 e. The minimum atomic E-state index is -1.75. The predicted molar refractivity (Wildman–Crippen MR) is 95.5 cm³/mol. The molecule has 0 aromatic carbocycles. The van der Waals surface area contributed by atoms with Crippen molar-refractivity contribution in [2.75, 3.05) is 6.61 Å². The van der Waals surface area contributed by atoms with Crippen LogP contribution in [0.5, 0.6) is 0 Å². The second kappa shape index (κ2) is 11.1. The van der Waals surface area contributed by atoms with Gasteiger partial charge in [0.05, 0.1) is 12.1 Å². The Morgan fingerprint density at radius 2 is 1.75 bits per heavy atom. The zero-order chi connectivity index (χ0) is 18.9. The number of ketones is 2. The molecule has 140 valence electrons. The van der Waals surface area contributed by atoms with Crippen LogP contribution >= 0.6 is 34.8 Å². The number of nitrogens with two attached hydrogens (primary N) is 1. The molecule has 0 bridgehead atoms. The number of carbonyl (C=O) groups excluding carboxylic acids is 3. The van der Waals surface area contributed by atoms with Crippen molar-refractivity contribution in [3.05, 3.63) is 0 Å². The molecule has 0 unspecified atom stereocenters. The number of ether oxygens (including phenoxy) is 1. The zero-order valence-corrected chi connectivity index (χ0v) is 16.4. The van der Waals surface area contributed by atoms with Gasteiger partial charge in [0.15, 0.2) is 0 Å². The zero-order valence-electron chi connectivity index (χ0n) is 14.1. The number of alkyl halides is 3. The summed E-state index contributed by atoms with van der Waals surface area (Å²) >= 11 is 16.5. The molecule has 24 heavy (non-hydrogen) atoms. The van der Waals surface area contributed by atoms with Crippen molar-refractivity contribution >= 4 is 52.5 Å². The fourth-order valence-electron chi connectivity index (χ4n) is 1.98. The van der Waals surface area contributed by atoms with Gasteiger partial charge in [0.1, 0.15) is 6.61 Å². The third kappa shape index (κ3) is 10.3. The van der Waals surface area contributed by atoms with Gasteiger partial charge < -0.3 is 15.8 Å². The highest BCUT2D eigenvalue weighted by Gasteiger charge is 2.31. The second-order valence-electron chi connectivity index (χ2n) is 6.00. The normalized spacial score (nSPS) is 14.2. The molecule has 0 fully saturated rings. The van der Waals surface area contributed by atoms with Gasteiger partial charge in [-0.2, -0.15) is 0 Å². The lowest BCUT2D eigenvalue weighted by Crippen LogP contribution is -2.49. The van der Waals surface area contributed by atoms with Crippen LogP contribution < -0.4 is 11.1 Å². The average Bonchev–Trinajstić information content (AvgIpc) is 2.46. The van der Waals surface area contributed by atoms with Crippen LogP contribution in [0.1, 0.15) is 46.5 Å². The molecular formula is C15H25Cl3N2O4.